The average Bonchev–Trinajstić information content (AvgIpc) is 3.10. The van der Waals surface area contributed by atoms with Gasteiger partial charge in [0.05, 0.1) is 20.5 Å². The number of benzene rings is 3. The number of fused-ring (bicyclic) bond motifs is 1. The molecule has 158 valence electrons. The number of rotatable bonds is 5. The van der Waals surface area contributed by atoms with Crippen molar-refractivity contribution in [3.05, 3.63) is 88.8 Å². The van der Waals surface area contributed by atoms with Crippen LogP contribution >= 0.6 is 23.2 Å². The van der Waals surface area contributed by atoms with Crippen LogP contribution in [0.5, 0.6) is 0 Å². The van der Waals surface area contributed by atoms with Crippen LogP contribution in [-0.4, -0.2) is 18.9 Å². The number of hydrogen-bond acceptors (Lipinski definition) is 3. The summed E-state index contributed by atoms with van der Waals surface area (Å²) in [7, 11) is -3.92. The van der Waals surface area contributed by atoms with E-state index < -0.39 is 21.6 Å². The third kappa shape index (κ3) is 4.30. The Morgan fingerprint density at radius 1 is 1.00 bits per heavy atom. The number of para-hydroxylation sites is 1. The van der Waals surface area contributed by atoms with Crippen molar-refractivity contribution in [2.45, 2.75) is 16.3 Å². The SMILES string of the molecule is O=C(Cn1cc(S(=O)(=O)c2ccc(F)cc2)c2ccccc21)Nc1ccc(Cl)cc1Cl. The minimum atomic E-state index is -3.92. The molecule has 0 spiro atoms. The van der Waals surface area contributed by atoms with E-state index in [1.165, 1.54) is 24.4 Å². The maximum atomic E-state index is 13.2. The van der Waals surface area contributed by atoms with Crippen molar-refractivity contribution in [3.63, 3.8) is 0 Å². The fourth-order valence-corrected chi connectivity index (χ4v) is 5.17. The standard InChI is InChI=1S/C22H15Cl2FN2O3S/c23-14-5-10-19(18(24)11-14)26-22(28)13-27-12-21(17-3-1-2-4-20(17)27)31(29,30)16-8-6-15(25)7-9-16/h1-12H,13H2,(H,26,28). The number of hydrogen-bond donors (Lipinski definition) is 1. The van der Waals surface area contributed by atoms with Gasteiger partial charge in [-0.2, -0.15) is 0 Å². The smallest absolute Gasteiger partial charge is 0.244 e. The lowest BCUT2D eigenvalue weighted by atomic mass is 10.2. The van der Waals surface area contributed by atoms with Gasteiger partial charge in [-0.1, -0.05) is 41.4 Å². The molecule has 0 unspecified atom stereocenters. The highest BCUT2D eigenvalue weighted by Crippen LogP contribution is 2.31. The Balaban J connectivity index is 1.70. The van der Waals surface area contributed by atoms with Gasteiger partial charge in [0, 0.05) is 22.1 Å². The van der Waals surface area contributed by atoms with Crippen LogP contribution in [0.25, 0.3) is 10.9 Å². The summed E-state index contributed by atoms with van der Waals surface area (Å²) in [6, 6.07) is 16.2. The molecule has 9 heteroatoms. The van der Waals surface area contributed by atoms with Crippen LogP contribution in [0, 0.1) is 5.82 Å². The lowest BCUT2D eigenvalue weighted by molar-refractivity contribution is -0.116. The number of aromatic nitrogens is 1. The summed E-state index contributed by atoms with van der Waals surface area (Å²) in [5.74, 6) is -0.922. The molecule has 4 rings (SSSR count). The second-order valence-corrected chi connectivity index (χ2v) is 9.53. The maximum Gasteiger partial charge on any atom is 0.244 e. The molecule has 1 N–H and O–H groups in total. The molecule has 3 aromatic carbocycles. The Bertz CT molecular complexity index is 1400. The summed E-state index contributed by atoms with van der Waals surface area (Å²) < 4.78 is 41.1. The first-order valence-electron chi connectivity index (χ1n) is 9.09. The van der Waals surface area contributed by atoms with Gasteiger partial charge < -0.3 is 9.88 Å². The second kappa shape index (κ2) is 8.34. The van der Waals surface area contributed by atoms with Crippen molar-refractivity contribution in [1.82, 2.24) is 4.57 Å². The molecule has 0 saturated carbocycles. The third-order valence-corrected chi connectivity index (χ3v) is 7.03. The predicted octanol–water partition coefficient (Wildman–Crippen LogP) is 5.56. The molecule has 0 fully saturated rings. The van der Waals surface area contributed by atoms with E-state index in [1.807, 2.05) is 0 Å². The van der Waals surface area contributed by atoms with Crippen molar-refractivity contribution in [1.29, 1.82) is 0 Å². The molecule has 4 aromatic rings. The number of halogens is 3. The van der Waals surface area contributed by atoms with E-state index >= 15 is 0 Å². The summed E-state index contributed by atoms with van der Waals surface area (Å²) in [5.41, 5.74) is 0.965. The van der Waals surface area contributed by atoms with Crippen molar-refractivity contribution >= 4 is 55.5 Å². The van der Waals surface area contributed by atoms with Crippen molar-refractivity contribution < 1.29 is 17.6 Å². The van der Waals surface area contributed by atoms with Crippen LogP contribution in [0.1, 0.15) is 0 Å². The van der Waals surface area contributed by atoms with Crippen molar-refractivity contribution in [2.75, 3.05) is 5.32 Å². The Hall–Kier alpha value is -2.87. The molecule has 0 bridgehead atoms. The third-order valence-electron chi connectivity index (χ3n) is 4.68. The minimum absolute atomic E-state index is 0.0331. The van der Waals surface area contributed by atoms with Gasteiger partial charge in [-0.05, 0) is 48.5 Å². The lowest BCUT2D eigenvalue weighted by Crippen LogP contribution is -2.18. The molecule has 0 aliphatic carbocycles. The molecule has 0 radical (unpaired) electrons. The quantitative estimate of drug-likeness (QED) is 0.383. The molecule has 0 atom stereocenters. The van der Waals surface area contributed by atoms with Gasteiger partial charge in [0.25, 0.3) is 0 Å². The topological polar surface area (TPSA) is 68.2 Å². The number of carbonyl (C=O) groups excluding carboxylic acids is 1. The number of carbonyl (C=O) groups is 1. The summed E-state index contributed by atoms with van der Waals surface area (Å²) in [5, 5.41) is 3.89. The average molecular weight is 477 g/mol. The van der Waals surface area contributed by atoms with Gasteiger partial charge in [0.2, 0.25) is 15.7 Å². The first kappa shape index (κ1) is 21.4. The predicted molar refractivity (Wildman–Crippen MR) is 119 cm³/mol. The highest BCUT2D eigenvalue weighted by Gasteiger charge is 2.24. The van der Waals surface area contributed by atoms with E-state index in [1.54, 1.807) is 41.0 Å². The van der Waals surface area contributed by atoms with Crippen LogP contribution in [0.4, 0.5) is 10.1 Å². The number of amides is 1. The molecule has 0 saturated heterocycles. The zero-order valence-electron chi connectivity index (χ0n) is 15.8. The van der Waals surface area contributed by atoms with Gasteiger partial charge in [0.15, 0.2) is 0 Å². The molecule has 5 nitrogen and oxygen atoms in total. The molecule has 0 aliphatic heterocycles. The first-order chi connectivity index (χ1) is 14.8. The van der Waals surface area contributed by atoms with Crippen LogP contribution in [0.2, 0.25) is 10.0 Å². The molecule has 1 amide bonds. The van der Waals surface area contributed by atoms with Crippen LogP contribution in [0.3, 0.4) is 0 Å². The van der Waals surface area contributed by atoms with Gasteiger partial charge in [-0.15, -0.1) is 0 Å². The molecule has 31 heavy (non-hydrogen) atoms. The normalized spacial score (nSPS) is 11.6. The van der Waals surface area contributed by atoms with E-state index in [0.717, 1.165) is 12.1 Å². The fourth-order valence-electron chi connectivity index (χ4n) is 3.23. The van der Waals surface area contributed by atoms with Gasteiger partial charge in [-0.3, -0.25) is 4.79 Å². The number of nitrogens with one attached hydrogen (secondary N) is 1. The Morgan fingerprint density at radius 3 is 2.42 bits per heavy atom. The van der Waals surface area contributed by atoms with Gasteiger partial charge in [0.1, 0.15) is 12.4 Å². The van der Waals surface area contributed by atoms with E-state index in [4.69, 9.17) is 23.2 Å². The minimum Gasteiger partial charge on any atom is -0.337 e. The Labute approximate surface area is 187 Å². The van der Waals surface area contributed by atoms with Gasteiger partial charge in [-0.25, -0.2) is 12.8 Å². The summed E-state index contributed by atoms with van der Waals surface area (Å²) in [6.45, 7) is -0.140. The largest absolute Gasteiger partial charge is 0.337 e. The molecular weight excluding hydrogens is 462 g/mol. The monoisotopic (exact) mass is 476 g/mol. The van der Waals surface area contributed by atoms with Crippen LogP contribution < -0.4 is 5.32 Å². The van der Waals surface area contributed by atoms with E-state index in [2.05, 4.69) is 5.32 Å². The number of sulfone groups is 1. The Kier molecular flexibility index (Phi) is 5.75. The van der Waals surface area contributed by atoms with Crippen molar-refractivity contribution in [2.24, 2.45) is 0 Å². The van der Waals surface area contributed by atoms with E-state index in [0.29, 0.717) is 21.6 Å². The van der Waals surface area contributed by atoms with E-state index in [9.17, 15) is 17.6 Å². The zero-order chi connectivity index (χ0) is 22.2. The molecule has 1 aromatic heterocycles. The molecular formula is C22H15Cl2FN2O3S. The summed E-state index contributed by atoms with van der Waals surface area (Å²) in [4.78, 5) is 12.6. The highest BCUT2D eigenvalue weighted by molar-refractivity contribution is 7.91. The van der Waals surface area contributed by atoms with Crippen LogP contribution in [0.15, 0.2) is 82.7 Å². The second-order valence-electron chi connectivity index (χ2n) is 6.77. The number of nitrogens with zero attached hydrogens (tertiary/aromatic N) is 1. The lowest BCUT2D eigenvalue weighted by Gasteiger charge is -2.09. The summed E-state index contributed by atoms with van der Waals surface area (Å²) >= 11 is 12.0. The number of anilines is 1. The Morgan fingerprint density at radius 2 is 1.71 bits per heavy atom. The van der Waals surface area contributed by atoms with Crippen molar-refractivity contribution in [3.8, 4) is 0 Å². The zero-order valence-corrected chi connectivity index (χ0v) is 18.2. The molecule has 1 heterocycles. The van der Waals surface area contributed by atoms with E-state index in [-0.39, 0.29) is 21.4 Å². The molecule has 0 aliphatic rings. The maximum absolute atomic E-state index is 13.2. The first-order valence-corrected chi connectivity index (χ1v) is 11.3. The fraction of sp³-hybridized carbons (Fsp3) is 0.0455. The summed E-state index contributed by atoms with van der Waals surface area (Å²) in [6.07, 6.45) is 1.41. The van der Waals surface area contributed by atoms with Crippen LogP contribution in [-0.2, 0) is 21.2 Å². The highest BCUT2D eigenvalue weighted by atomic mass is 35.5. The van der Waals surface area contributed by atoms with Gasteiger partial charge >= 0.3 is 0 Å².